The SMILES string of the molecule is Cc1ccc(C2CC(Nc3cc(F)ccc3F)C2)cc1. The second-order valence-electron chi connectivity index (χ2n) is 5.54. The Balaban J connectivity index is 1.60. The topological polar surface area (TPSA) is 12.0 Å². The fraction of sp³-hybridized carbons (Fsp3) is 0.294. The fourth-order valence-electron chi connectivity index (χ4n) is 2.67. The van der Waals surface area contributed by atoms with Crippen LogP contribution in [-0.2, 0) is 0 Å². The first-order chi connectivity index (χ1) is 9.61. The molecule has 104 valence electrons. The third-order valence-electron chi connectivity index (χ3n) is 3.97. The van der Waals surface area contributed by atoms with Gasteiger partial charge in [0.1, 0.15) is 11.6 Å². The van der Waals surface area contributed by atoms with Crippen molar-refractivity contribution in [3.63, 3.8) is 0 Å². The molecule has 0 aliphatic heterocycles. The molecule has 0 unspecified atom stereocenters. The highest BCUT2D eigenvalue weighted by molar-refractivity contribution is 5.46. The minimum absolute atomic E-state index is 0.220. The standard InChI is InChI=1S/C17H17F2N/c1-11-2-4-12(5-3-11)13-8-15(9-13)20-17-10-14(18)6-7-16(17)19/h2-7,10,13,15,20H,8-9H2,1H3. The molecular formula is C17H17F2N. The Labute approximate surface area is 117 Å². The lowest BCUT2D eigenvalue weighted by Crippen LogP contribution is -2.34. The number of benzene rings is 2. The predicted octanol–water partition coefficient (Wildman–Crippen LogP) is 4.63. The van der Waals surface area contributed by atoms with Crippen molar-refractivity contribution in [1.29, 1.82) is 0 Å². The van der Waals surface area contributed by atoms with E-state index in [0.717, 1.165) is 25.0 Å². The van der Waals surface area contributed by atoms with E-state index in [4.69, 9.17) is 0 Å². The van der Waals surface area contributed by atoms with Crippen molar-refractivity contribution in [2.75, 3.05) is 5.32 Å². The molecule has 3 heteroatoms. The Hall–Kier alpha value is -1.90. The van der Waals surface area contributed by atoms with E-state index in [1.165, 1.54) is 17.2 Å². The molecule has 0 amide bonds. The van der Waals surface area contributed by atoms with E-state index in [-0.39, 0.29) is 11.7 Å². The molecule has 0 bridgehead atoms. The van der Waals surface area contributed by atoms with Gasteiger partial charge in [-0.3, -0.25) is 0 Å². The molecule has 0 heterocycles. The highest BCUT2D eigenvalue weighted by Crippen LogP contribution is 2.38. The van der Waals surface area contributed by atoms with Crippen molar-refractivity contribution in [2.24, 2.45) is 0 Å². The Morgan fingerprint density at radius 3 is 2.40 bits per heavy atom. The molecular weight excluding hydrogens is 256 g/mol. The summed E-state index contributed by atoms with van der Waals surface area (Å²) in [5.41, 5.74) is 2.84. The molecule has 0 saturated heterocycles. The van der Waals surface area contributed by atoms with Crippen LogP contribution in [0.4, 0.5) is 14.5 Å². The first-order valence-electron chi connectivity index (χ1n) is 6.90. The van der Waals surface area contributed by atoms with Crippen LogP contribution < -0.4 is 5.32 Å². The normalized spacial score (nSPS) is 21.4. The van der Waals surface area contributed by atoms with Crippen molar-refractivity contribution in [2.45, 2.75) is 31.7 Å². The van der Waals surface area contributed by atoms with Gasteiger partial charge in [0.25, 0.3) is 0 Å². The molecule has 1 saturated carbocycles. The molecule has 2 aromatic carbocycles. The molecule has 1 aliphatic rings. The molecule has 1 nitrogen and oxygen atoms in total. The summed E-state index contributed by atoms with van der Waals surface area (Å²) in [4.78, 5) is 0. The molecule has 0 radical (unpaired) electrons. The van der Waals surface area contributed by atoms with E-state index in [9.17, 15) is 8.78 Å². The molecule has 0 spiro atoms. The van der Waals surface area contributed by atoms with Crippen molar-refractivity contribution < 1.29 is 8.78 Å². The predicted molar refractivity (Wildman–Crippen MR) is 76.9 cm³/mol. The summed E-state index contributed by atoms with van der Waals surface area (Å²) in [6.07, 6.45) is 1.91. The maximum Gasteiger partial charge on any atom is 0.146 e. The van der Waals surface area contributed by atoms with E-state index in [1.807, 2.05) is 0 Å². The summed E-state index contributed by atoms with van der Waals surface area (Å²) in [6.45, 7) is 2.07. The van der Waals surface area contributed by atoms with Gasteiger partial charge >= 0.3 is 0 Å². The van der Waals surface area contributed by atoms with Crippen molar-refractivity contribution >= 4 is 5.69 Å². The zero-order valence-corrected chi connectivity index (χ0v) is 11.4. The Bertz CT molecular complexity index is 601. The van der Waals surface area contributed by atoms with E-state index in [0.29, 0.717) is 5.92 Å². The number of anilines is 1. The van der Waals surface area contributed by atoms with E-state index < -0.39 is 11.6 Å². The summed E-state index contributed by atoms with van der Waals surface area (Å²) >= 11 is 0. The highest BCUT2D eigenvalue weighted by Gasteiger charge is 2.30. The van der Waals surface area contributed by atoms with Crippen molar-refractivity contribution in [1.82, 2.24) is 0 Å². The smallest absolute Gasteiger partial charge is 0.146 e. The van der Waals surface area contributed by atoms with Crippen LogP contribution in [0, 0.1) is 18.6 Å². The first-order valence-corrected chi connectivity index (χ1v) is 6.90. The van der Waals surface area contributed by atoms with Gasteiger partial charge in [0.2, 0.25) is 0 Å². The van der Waals surface area contributed by atoms with Crippen LogP contribution >= 0.6 is 0 Å². The lowest BCUT2D eigenvalue weighted by Gasteiger charge is -2.37. The van der Waals surface area contributed by atoms with E-state index in [1.54, 1.807) is 0 Å². The molecule has 1 N–H and O–H groups in total. The average molecular weight is 273 g/mol. The zero-order chi connectivity index (χ0) is 14.1. The number of hydrogen-bond donors (Lipinski definition) is 1. The van der Waals surface area contributed by atoms with Gasteiger partial charge in [0.05, 0.1) is 5.69 Å². The minimum atomic E-state index is -0.414. The first kappa shape index (κ1) is 13.1. The number of hydrogen-bond acceptors (Lipinski definition) is 1. The second-order valence-corrected chi connectivity index (χ2v) is 5.54. The number of aryl methyl sites for hydroxylation is 1. The number of nitrogens with one attached hydrogen (secondary N) is 1. The molecule has 2 aromatic rings. The quantitative estimate of drug-likeness (QED) is 0.859. The third kappa shape index (κ3) is 2.67. The summed E-state index contributed by atoms with van der Waals surface area (Å²) in [5, 5.41) is 3.08. The maximum absolute atomic E-state index is 13.5. The van der Waals surface area contributed by atoms with Crippen LogP contribution in [0.15, 0.2) is 42.5 Å². The average Bonchev–Trinajstić information content (AvgIpc) is 2.39. The van der Waals surface area contributed by atoms with Crippen LogP contribution in [0.25, 0.3) is 0 Å². The second kappa shape index (κ2) is 5.23. The van der Waals surface area contributed by atoms with Crippen LogP contribution in [0.1, 0.15) is 29.9 Å². The van der Waals surface area contributed by atoms with Gasteiger partial charge in [-0.25, -0.2) is 8.78 Å². The van der Waals surface area contributed by atoms with Gasteiger partial charge in [0.15, 0.2) is 0 Å². The van der Waals surface area contributed by atoms with Gasteiger partial charge in [-0.15, -0.1) is 0 Å². The molecule has 0 aromatic heterocycles. The van der Waals surface area contributed by atoms with Crippen LogP contribution in [0.2, 0.25) is 0 Å². The summed E-state index contributed by atoms with van der Waals surface area (Å²) in [7, 11) is 0. The Morgan fingerprint density at radius 1 is 1.00 bits per heavy atom. The van der Waals surface area contributed by atoms with Gasteiger partial charge in [-0.2, -0.15) is 0 Å². The van der Waals surface area contributed by atoms with E-state index in [2.05, 4.69) is 36.5 Å². The highest BCUT2D eigenvalue weighted by atomic mass is 19.1. The van der Waals surface area contributed by atoms with Gasteiger partial charge in [0, 0.05) is 6.04 Å². The minimum Gasteiger partial charge on any atom is -0.380 e. The monoisotopic (exact) mass is 273 g/mol. The van der Waals surface area contributed by atoms with Gasteiger partial charge in [-0.1, -0.05) is 29.8 Å². The van der Waals surface area contributed by atoms with Gasteiger partial charge in [-0.05, 0) is 49.4 Å². The Morgan fingerprint density at radius 2 is 1.70 bits per heavy atom. The van der Waals surface area contributed by atoms with Crippen LogP contribution in [-0.4, -0.2) is 6.04 Å². The Kier molecular flexibility index (Phi) is 3.43. The fourth-order valence-corrected chi connectivity index (χ4v) is 2.67. The number of rotatable bonds is 3. The van der Waals surface area contributed by atoms with Crippen molar-refractivity contribution in [3.05, 3.63) is 65.2 Å². The lowest BCUT2D eigenvalue weighted by atomic mass is 9.75. The van der Waals surface area contributed by atoms with E-state index >= 15 is 0 Å². The lowest BCUT2D eigenvalue weighted by molar-refractivity contribution is 0.372. The number of halogens is 2. The molecule has 0 atom stereocenters. The van der Waals surface area contributed by atoms with Crippen molar-refractivity contribution in [3.8, 4) is 0 Å². The summed E-state index contributed by atoms with van der Waals surface area (Å²) in [6, 6.07) is 12.3. The summed E-state index contributed by atoms with van der Waals surface area (Å²) in [5.74, 6) is -0.293. The molecule has 3 rings (SSSR count). The summed E-state index contributed by atoms with van der Waals surface area (Å²) < 4.78 is 26.6. The third-order valence-corrected chi connectivity index (χ3v) is 3.97. The zero-order valence-electron chi connectivity index (χ0n) is 11.4. The molecule has 20 heavy (non-hydrogen) atoms. The molecule has 1 fully saturated rings. The van der Waals surface area contributed by atoms with Crippen LogP contribution in [0.3, 0.4) is 0 Å². The van der Waals surface area contributed by atoms with Crippen LogP contribution in [0.5, 0.6) is 0 Å². The maximum atomic E-state index is 13.5. The molecule has 1 aliphatic carbocycles. The van der Waals surface area contributed by atoms with Gasteiger partial charge < -0.3 is 5.32 Å². The largest absolute Gasteiger partial charge is 0.380 e.